The van der Waals surface area contributed by atoms with Gasteiger partial charge in [0.05, 0.1) is 18.7 Å². The number of ether oxygens (including phenoxy) is 1. The van der Waals surface area contributed by atoms with Gasteiger partial charge in [-0.2, -0.15) is 0 Å². The predicted octanol–water partition coefficient (Wildman–Crippen LogP) is 5.73. The largest absolute Gasteiger partial charge is 0.493 e. The fourth-order valence-electron chi connectivity index (χ4n) is 3.07. The van der Waals surface area contributed by atoms with Crippen LogP contribution in [0.3, 0.4) is 0 Å². The molecule has 0 bridgehead atoms. The van der Waals surface area contributed by atoms with Gasteiger partial charge in [0.1, 0.15) is 10.8 Å². The van der Waals surface area contributed by atoms with Gasteiger partial charge in [-0.3, -0.25) is 4.79 Å². The van der Waals surface area contributed by atoms with E-state index in [4.69, 9.17) is 14.8 Å². The highest BCUT2D eigenvalue weighted by atomic mass is 32.1. The number of aromatic nitrogens is 1. The summed E-state index contributed by atoms with van der Waals surface area (Å²) < 4.78 is 32.6. The van der Waals surface area contributed by atoms with E-state index >= 15 is 0 Å². The number of hydrogen-bond acceptors (Lipinski definition) is 4. The quantitative estimate of drug-likeness (QED) is 0.470. The number of alkyl halides is 2. The summed E-state index contributed by atoms with van der Waals surface area (Å²) in [5.41, 5.74) is 2.42. The summed E-state index contributed by atoms with van der Waals surface area (Å²) in [5, 5.41) is 9.71. The molecule has 0 saturated heterocycles. The molecule has 7 heteroatoms. The molecule has 0 amide bonds. The lowest BCUT2D eigenvalue weighted by atomic mass is 10.1. The molecule has 0 atom stereocenters. The number of halogens is 2. The summed E-state index contributed by atoms with van der Waals surface area (Å²) in [4.78, 5) is 16.7. The Labute approximate surface area is 178 Å². The fourth-order valence-corrected chi connectivity index (χ4v) is 4.12. The molecule has 1 aromatic heterocycles. The molecule has 0 radical (unpaired) electrons. The molecule has 0 aliphatic carbocycles. The molecule has 0 aliphatic heterocycles. The van der Waals surface area contributed by atoms with Crippen LogP contribution in [0.4, 0.5) is 8.78 Å². The molecule has 3 aromatic rings. The van der Waals surface area contributed by atoms with Crippen LogP contribution >= 0.6 is 11.3 Å². The van der Waals surface area contributed by atoms with Crippen LogP contribution < -0.4 is 4.74 Å². The number of carboxylic acids is 1. The summed E-state index contributed by atoms with van der Waals surface area (Å²) in [6.45, 7) is 3.35. The van der Waals surface area contributed by atoms with Crippen LogP contribution in [-0.2, 0) is 30.0 Å². The predicted molar refractivity (Wildman–Crippen MR) is 113 cm³/mol. The van der Waals surface area contributed by atoms with E-state index in [9.17, 15) is 13.6 Å². The zero-order chi connectivity index (χ0) is 21.7. The third-order valence-electron chi connectivity index (χ3n) is 4.60. The first kappa shape index (κ1) is 21.9. The topological polar surface area (TPSA) is 59.4 Å². The number of thiazole rings is 1. The molecular weight excluding hydrogens is 408 g/mol. The van der Waals surface area contributed by atoms with Crippen molar-refractivity contribution >= 4 is 17.3 Å². The first-order valence-corrected chi connectivity index (χ1v) is 10.5. The lowest BCUT2D eigenvalue weighted by molar-refractivity contribution is -0.136. The minimum Gasteiger partial charge on any atom is -0.493 e. The van der Waals surface area contributed by atoms with E-state index in [1.165, 1.54) is 12.1 Å². The first-order chi connectivity index (χ1) is 14.3. The molecule has 0 unspecified atom stereocenters. The number of aryl methyl sites for hydroxylation is 1. The van der Waals surface area contributed by atoms with E-state index in [2.05, 4.69) is 6.92 Å². The van der Waals surface area contributed by atoms with E-state index in [1.807, 2.05) is 0 Å². The fraction of sp³-hybridized carbons (Fsp3) is 0.304. The third kappa shape index (κ3) is 5.63. The maximum Gasteiger partial charge on any atom is 0.307 e. The van der Waals surface area contributed by atoms with Crippen molar-refractivity contribution in [1.29, 1.82) is 0 Å². The van der Waals surface area contributed by atoms with Gasteiger partial charge in [-0.15, -0.1) is 11.3 Å². The molecule has 3 rings (SSSR count). The van der Waals surface area contributed by atoms with Gasteiger partial charge in [-0.05, 0) is 24.1 Å². The van der Waals surface area contributed by atoms with Crippen molar-refractivity contribution < 1.29 is 23.4 Å². The summed E-state index contributed by atoms with van der Waals surface area (Å²) in [6, 6.07) is 13.3. The van der Waals surface area contributed by atoms with E-state index in [0.717, 1.165) is 34.5 Å². The second-order valence-electron chi connectivity index (χ2n) is 7.02. The summed E-state index contributed by atoms with van der Waals surface area (Å²) in [5.74, 6) is -3.12. The normalized spacial score (nSPS) is 11.5. The molecule has 2 aromatic carbocycles. The van der Waals surface area contributed by atoms with Crippen LogP contribution in [0.1, 0.15) is 35.5 Å². The Kier molecular flexibility index (Phi) is 6.82. The number of hydrogen-bond donors (Lipinski definition) is 1. The van der Waals surface area contributed by atoms with E-state index < -0.39 is 11.9 Å². The Morgan fingerprint density at radius 1 is 1.20 bits per heavy atom. The van der Waals surface area contributed by atoms with Crippen molar-refractivity contribution in [3.8, 4) is 16.3 Å². The number of carbonyl (C=O) groups is 1. The van der Waals surface area contributed by atoms with Crippen molar-refractivity contribution in [3.63, 3.8) is 0 Å². The molecule has 0 saturated carbocycles. The highest BCUT2D eigenvalue weighted by Gasteiger charge is 2.24. The van der Waals surface area contributed by atoms with Crippen LogP contribution in [0.25, 0.3) is 10.6 Å². The molecule has 4 nitrogen and oxygen atoms in total. The zero-order valence-corrected chi connectivity index (χ0v) is 17.6. The maximum atomic E-state index is 13.4. The lowest BCUT2D eigenvalue weighted by Gasteiger charge is -2.10. The van der Waals surface area contributed by atoms with Crippen LogP contribution in [-0.4, -0.2) is 22.7 Å². The smallest absolute Gasteiger partial charge is 0.307 e. The molecule has 1 N–H and O–H groups in total. The van der Waals surface area contributed by atoms with Gasteiger partial charge in [-0.25, -0.2) is 13.8 Å². The molecule has 1 heterocycles. The maximum absolute atomic E-state index is 13.4. The second kappa shape index (κ2) is 9.34. The monoisotopic (exact) mass is 431 g/mol. The van der Waals surface area contributed by atoms with Crippen molar-refractivity contribution in [3.05, 3.63) is 70.2 Å². The highest BCUT2D eigenvalue weighted by Crippen LogP contribution is 2.32. The number of aliphatic carboxylic acids is 1. The van der Waals surface area contributed by atoms with Crippen LogP contribution in [0.5, 0.6) is 5.75 Å². The molecule has 0 fully saturated rings. The Morgan fingerprint density at radius 2 is 1.93 bits per heavy atom. The standard InChI is InChI=1S/C23H23F2NO3S/c1-3-20-19(11-12-29-18-6-4-5-15(13-18)14-21(27)28)26-22(30-20)16-7-9-17(10-8-16)23(2,24)25/h4-10,13H,3,11-12,14H2,1-2H3,(H,27,28). The Morgan fingerprint density at radius 3 is 2.57 bits per heavy atom. The van der Waals surface area contributed by atoms with E-state index in [-0.39, 0.29) is 12.0 Å². The van der Waals surface area contributed by atoms with Crippen molar-refractivity contribution in [2.24, 2.45) is 0 Å². The molecular formula is C23H23F2NO3S. The highest BCUT2D eigenvalue weighted by molar-refractivity contribution is 7.15. The molecule has 158 valence electrons. The SMILES string of the molecule is CCc1sc(-c2ccc(C(C)(F)F)cc2)nc1CCOc1cccc(CC(=O)O)c1. The number of rotatable bonds is 9. The van der Waals surface area contributed by atoms with Gasteiger partial charge in [0.2, 0.25) is 0 Å². The zero-order valence-electron chi connectivity index (χ0n) is 16.8. The summed E-state index contributed by atoms with van der Waals surface area (Å²) in [7, 11) is 0. The van der Waals surface area contributed by atoms with Gasteiger partial charge in [-0.1, -0.05) is 43.3 Å². The average Bonchev–Trinajstić information content (AvgIpc) is 3.10. The van der Waals surface area contributed by atoms with Crippen molar-refractivity contribution in [2.75, 3.05) is 6.61 Å². The molecule has 0 aliphatic rings. The van der Waals surface area contributed by atoms with Crippen LogP contribution in [0.2, 0.25) is 0 Å². The Balaban J connectivity index is 1.67. The van der Waals surface area contributed by atoms with Gasteiger partial charge in [0.25, 0.3) is 5.92 Å². The second-order valence-corrected chi connectivity index (χ2v) is 8.11. The van der Waals surface area contributed by atoms with E-state index in [1.54, 1.807) is 47.7 Å². The Bertz CT molecular complexity index is 1010. The molecule has 0 spiro atoms. The summed E-state index contributed by atoms with van der Waals surface area (Å²) >= 11 is 1.56. The summed E-state index contributed by atoms with van der Waals surface area (Å²) in [6.07, 6.45) is 1.38. The lowest BCUT2D eigenvalue weighted by Crippen LogP contribution is -2.06. The molecule has 30 heavy (non-hydrogen) atoms. The third-order valence-corrected chi connectivity index (χ3v) is 5.89. The van der Waals surface area contributed by atoms with E-state index in [0.29, 0.717) is 24.3 Å². The van der Waals surface area contributed by atoms with Crippen LogP contribution in [0.15, 0.2) is 48.5 Å². The van der Waals surface area contributed by atoms with Gasteiger partial charge in [0.15, 0.2) is 0 Å². The Hall–Kier alpha value is -2.80. The first-order valence-electron chi connectivity index (χ1n) is 9.67. The van der Waals surface area contributed by atoms with Gasteiger partial charge in [0, 0.05) is 29.3 Å². The average molecular weight is 432 g/mol. The van der Waals surface area contributed by atoms with Crippen molar-refractivity contribution in [2.45, 2.75) is 39.0 Å². The minimum atomic E-state index is -2.86. The van der Waals surface area contributed by atoms with Crippen molar-refractivity contribution in [1.82, 2.24) is 4.98 Å². The van der Waals surface area contributed by atoms with Gasteiger partial charge >= 0.3 is 5.97 Å². The van der Waals surface area contributed by atoms with Crippen LogP contribution in [0, 0.1) is 0 Å². The van der Waals surface area contributed by atoms with Gasteiger partial charge < -0.3 is 9.84 Å². The number of nitrogens with zero attached hydrogens (tertiary/aromatic N) is 1. The minimum absolute atomic E-state index is 0.0164. The number of carboxylic acid groups (broad SMARTS) is 1. The number of benzene rings is 2.